The van der Waals surface area contributed by atoms with Crippen molar-refractivity contribution in [1.29, 1.82) is 0 Å². The third kappa shape index (κ3) is 4.27. The van der Waals surface area contributed by atoms with Crippen molar-refractivity contribution >= 4 is 23.9 Å². The Hall–Kier alpha value is -1.62. The van der Waals surface area contributed by atoms with E-state index in [0.717, 1.165) is 0 Å². The number of nitrogens with zero attached hydrogens (tertiary/aromatic N) is 1. The molecule has 16 heavy (non-hydrogen) atoms. The molecule has 2 amide bonds. The number of nitrogens with one attached hydrogen (secondary N) is 2. The number of carbonyl (C=O) groups excluding carboxylic acids is 2. The summed E-state index contributed by atoms with van der Waals surface area (Å²) >= 11 is 5.65. The number of hydrogen-bond donors (Lipinski definition) is 2. The summed E-state index contributed by atoms with van der Waals surface area (Å²) in [6.45, 7) is 1.04. The molecule has 0 bridgehead atoms. The molecule has 1 heterocycles. The molecule has 1 aromatic heterocycles. The van der Waals surface area contributed by atoms with Crippen LogP contribution in [0.1, 0.15) is 16.8 Å². The van der Waals surface area contributed by atoms with Crippen LogP contribution in [-0.4, -0.2) is 30.4 Å². The summed E-state index contributed by atoms with van der Waals surface area (Å²) in [5.74, 6) is -0.199. The highest BCUT2D eigenvalue weighted by molar-refractivity contribution is 6.29. The summed E-state index contributed by atoms with van der Waals surface area (Å²) in [7, 11) is 0. The Morgan fingerprint density at radius 1 is 1.50 bits per heavy atom. The minimum atomic E-state index is -0.199. The third-order valence-electron chi connectivity index (χ3n) is 1.86. The average Bonchev–Trinajstić information content (AvgIpc) is 2.28. The van der Waals surface area contributed by atoms with Crippen LogP contribution < -0.4 is 10.6 Å². The Balaban J connectivity index is 2.32. The van der Waals surface area contributed by atoms with Gasteiger partial charge in [0.1, 0.15) is 5.15 Å². The van der Waals surface area contributed by atoms with Gasteiger partial charge in [-0.05, 0) is 18.6 Å². The maximum Gasteiger partial charge on any atom is 0.251 e. The Morgan fingerprint density at radius 3 is 3.00 bits per heavy atom. The largest absolute Gasteiger partial charge is 0.359 e. The Morgan fingerprint density at radius 2 is 2.31 bits per heavy atom. The second kappa shape index (κ2) is 6.79. The molecule has 0 aliphatic carbocycles. The average molecular weight is 242 g/mol. The smallest absolute Gasteiger partial charge is 0.251 e. The van der Waals surface area contributed by atoms with E-state index in [4.69, 9.17) is 11.6 Å². The molecule has 0 aliphatic rings. The first-order chi connectivity index (χ1) is 7.74. The summed E-state index contributed by atoms with van der Waals surface area (Å²) in [5.41, 5.74) is 0.475. The Kier molecular flexibility index (Phi) is 5.28. The number of aromatic nitrogens is 1. The van der Waals surface area contributed by atoms with Gasteiger partial charge >= 0.3 is 0 Å². The second-order valence-electron chi connectivity index (χ2n) is 3.05. The molecule has 1 rings (SSSR count). The van der Waals surface area contributed by atoms with Gasteiger partial charge in [-0.1, -0.05) is 11.6 Å². The summed E-state index contributed by atoms with van der Waals surface area (Å²) in [5, 5.41) is 5.50. The monoisotopic (exact) mass is 241 g/mol. The molecular weight excluding hydrogens is 230 g/mol. The predicted molar refractivity (Wildman–Crippen MR) is 60.3 cm³/mol. The van der Waals surface area contributed by atoms with Crippen LogP contribution in [0.3, 0.4) is 0 Å². The number of pyridine rings is 1. The maximum atomic E-state index is 11.5. The van der Waals surface area contributed by atoms with E-state index in [1.165, 1.54) is 12.3 Å². The molecule has 86 valence electrons. The summed E-state index contributed by atoms with van der Waals surface area (Å²) in [6, 6.07) is 3.09. The molecule has 1 aromatic rings. The van der Waals surface area contributed by atoms with E-state index in [9.17, 15) is 9.59 Å². The fraction of sp³-hybridized carbons (Fsp3) is 0.300. The zero-order chi connectivity index (χ0) is 11.8. The molecule has 2 N–H and O–H groups in total. The zero-order valence-corrected chi connectivity index (χ0v) is 9.33. The molecule has 0 fully saturated rings. The molecule has 0 atom stereocenters. The second-order valence-corrected chi connectivity index (χ2v) is 3.44. The highest BCUT2D eigenvalue weighted by Gasteiger charge is 2.04. The Bertz CT molecular complexity index is 371. The van der Waals surface area contributed by atoms with Crippen molar-refractivity contribution in [2.45, 2.75) is 6.42 Å². The standard InChI is InChI=1S/C10H12ClN3O2/c11-9-6-8(2-5-13-9)10(16)14-4-1-3-12-7-15/h2,5-7H,1,3-4H2,(H,12,15)(H,14,16). The number of halogens is 1. The van der Waals surface area contributed by atoms with Gasteiger partial charge in [-0.15, -0.1) is 0 Å². The van der Waals surface area contributed by atoms with Crippen LogP contribution in [0.5, 0.6) is 0 Å². The van der Waals surface area contributed by atoms with E-state index >= 15 is 0 Å². The van der Waals surface area contributed by atoms with Crippen molar-refractivity contribution in [3.63, 3.8) is 0 Å². The molecule has 0 saturated carbocycles. The van der Waals surface area contributed by atoms with Gasteiger partial charge in [-0.3, -0.25) is 9.59 Å². The summed E-state index contributed by atoms with van der Waals surface area (Å²) in [6.07, 6.45) is 2.79. The summed E-state index contributed by atoms with van der Waals surface area (Å²) in [4.78, 5) is 25.3. The van der Waals surface area contributed by atoms with Gasteiger partial charge in [-0.25, -0.2) is 4.98 Å². The van der Waals surface area contributed by atoms with Crippen LogP contribution in [0.4, 0.5) is 0 Å². The fourth-order valence-corrected chi connectivity index (χ4v) is 1.27. The van der Waals surface area contributed by atoms with Crippen molar-refractivity contribution in [2.24, 2.45) is 0 Å². The maximum absolute atomic E-state index is 11.5. The molecule has 0 aromatic carbocycles. The number of hydrogen-bond acceptors (Lipinski definition) is 3. The lowest BCUT2D eigenvalue weighted by Crippen LogP contribution is -2.27. The number of rotatable bonds is 6. The topological polar surface area (TPSA) is 71.1 Å². The normalized spacial score (nSPS) is 9.56. The zero-order valence-electron chi connectivity index (χ0n) is 8.57. The minimum Gasteiger partial charge on any atom is -0.359 e. The van der Waals surface area contributed by atoms with Gasteiger partial charge in [0.15, 0.2) is 0 Å². The van der Waals surface area contributed by atoms with E-state index in [-0.39, 0.29) is 11.1 Å². The SMILES string of the molecule is O=CNCCCNC(=O)c1ccnc(Cl)c1. The lowest BCUT2D eigenvalue weighted by atomic mass is 10.2. The fourth-order valence-electron chi connectivity index (χ4n) is 1.10. The number of carbonyl (C=O) groups is 2. The lowest BCUT2D eigenvalue weighted by Gasteiger charge is -2.04. The molecule has 0 radical (unpaired) electrons. The van der Waals surface area contributed by atoms with E-state index in [0.29, 0.717) is 31.5 Å². The Labute approximate surface area is 98.2 Å². The van der Waals surface area contributed by atoms with E-state index in [1.54, 1.807) is 6.07 Å². The van der Waals surface area contributed by atoms with Gasteiger partial charge in [-0.2, -0.15) is 0 Å². The van der Waals surface area contributed by atoms with Crippen molar-refractivity contribution in [2.75, 3.05) is 13.1 Å². The highest BCUT2D eigenvalue weighted by atomic mass is 35.5. The van der Waals surface area contributed by atoms with Gasteiger partial charge < -0.3 is 10.6 Å². The third-order valence-corrected chi connectivity index (χ3v) is 2.06. The molecule has 0 unspecified atom stereocenters. The predicted octanol–water partition coefficient (Wildman–Crippen LogP) is 0.601. The van der Waals surface area contributed by atoms with Crippen molar-refractivity contribution < 1.29 is 9.59 Å². The van der Waals surface area contributed by atoms with Crippen LogP contribution in [0.25, 0.3) is 0 Å². The van der Waals surface area contributed by atoms with E-state index in [1.807, 2.05) is 0 Å². The first kappa shape index (κ1) is 12.4. The molecule has 6 heteroatoms. The van der Waals surface area contributed by atoms with Crippen molar-refractivity contribution in [1.82, 2.24) is 15.6 Å². The van der Waals surface area contributed by atoms with Crippen molar-refractivity contribution in [3.05, 3.63) is 29.0 Å². The number of amides is 2. The van der Waals surface area contributed by atoms with Gasteiger partial charge in [0.05, 0.1) is 0 Å². The van der Waals surface area contributed by atoms with Crippen LogP contribution in [0, 0.1) is 0 Å². The molecule has 5 nitrogen and oxygen atoms in total. The van der Waals surface area contributed by atoms with Gasteiger partial charge in [0.2, 0.25) is 6.41 Å². The highest BCUT2D eigenvalue weighted by Crippen LogP contribution is 2.06. The van der Waals surface area contributed by atoms with Crippen LogP contribution in [0.2, 0.25) is 5.15 Å². The summed E-state index contributed by atoms with van der Waals surface area (Å²) < 4.78 is 0. The quantitative estimate of drug-likeness (QED) is 0.435. The van der Waals surface area contributed by atoms with E-state index < -0.39 is 0 Å². The van der Waals surface area contributed by atoms with E-state index in [2.05, 4.69) is 15.6 Å². The first-order valence-corrected chi connectivity index (χ1v) is 5.18. The lowest BCUT2D eigenvalue weighted by molar-refractivity contribution is -0.109. The van der Waals surface area contributed by atoms with Crippen LogP contribution >= 0.6 is 11.6 Å². The van der Waals surface area contributed by atoms with Gasteiger partial charge in [0.25, 0.3) is 5.91 Å². The van der Waals surface area contributed by atoms with Crippen LogP contribution in [-0.2, 0) is 4.79 Å². The molecule has 0 spiro atoms. The minimum absolute atomic E-state index is 0.199. The van der Waals surface area contributed by atoms with Crippen molar-refractivity contribution in [3.8, 4) is 0 Å². The van der Waals surface area contributed by atoms with Gasteiger partial charge in [0, 0.05) is 24.8 Å². The molecular formula is C10H12ClN3O2. The molecule has 0 saturated heterocycles. The molecule has 0 aliphatic heterocycles. The first-order valence-electron chi connectivity index (χ1n) is 4.81. The van der Waals surface area contributed by atoms with Crippen LogP contribution in [0.15, 0.2) is 18.3 Å².